The lowest BCUT2D eigenvalue weighted by molar-refractivity contribution is 0.0582. The maximum atomic E-state index is 11.3. The maximum Gasteiger partial charge on any atom is 0.154 e. The fourth-order valence-electron chi connectivity index (χ4n) is 2.16. The quantitative estimate of drug-likeness (QED) is 0.636. The zero-order valence-electron chi connectivity index (χ0n) is 8.55. The first-order chi connectivity index (χ1) is 7.07. The van der Waals surface area contributed by atoms with Crippen LogP contribution in [0, 0.1) is 0 Å². The van der Waals surface area contributed by atoms with Crippen LogP contribution in [0.4, 0.5) is 0 Å². The molecule has 3 unspecified atom stereocenters. The summed E-state index contributed by atoms with van der Waals surface area (Å²) in [6, 6.07) is -0.131. The van der Waals surface area contributed by atoms with Crippen molar-refractivity contribution in [3.63, 3.8) is 0 Å². The van der Waals surface area contributed by atoms with Crippen molar-refractivity contribution in [1.82, 2.24) is 5.32 Å². The van der Waals surface area contributed by atoms with E-state index in [1.54, 1.807) is 0 Å². The Kier molecular flexibility index (Phi) is 3.30. The molecule has 88 valence electrons. The van der Waals surface area contributed by atoms with Crippen LogP contribution in [-0.4, -0.2) is 56.4 Å². The van der Waals surface area contributed by atoms with Gasteiger partial charge in [0.05, 0.1) is 24.2 Å². The lowest BCUT2D eigenvalue weighted by atomic mass is 10.1. The van der Waals surface area contributed by atoms with Gasteiger partial charge in [-0.25, -0.2) is 8.42 Å². The number of aliphatic hydroxyl groups excluding tert-OH is 1. The monoisotopic (exact) mass is 235 g/mol. The molecule has 0 aliphatic carbocycles. The second-order valence-electron chi connectivity index (χ2n) is 4.33. The molecule has 0 spiro atoms. The minimum Gasteiger partial charge on any atom is -0.390 e. The maximum absolute atomic E-state index is 11.3. The molecule has 2 rings (SSSR count). The molecule has 0 aromatic heterocycles. The predicted octanol–water partition coefficient (Wildman–Crippen LogP) is -1.09. The predicted molar refractivity (Wildman–Crippen MR) is 55.4 cm³/mol. The van der Waals surface area contributed by atoms with E-state index in [4.69, 9.17) is 4.74 Å². The molecule has 2 heterocycles. The van der Waals surface area contributed by atoms with Crippen LogP contribution in [0.1, 0.15) is 12.8 Å². The first kappa shape index (κ1) is 11.3. The molecule has 2 fully saturated rings. The lowest BCUT2D eigenvalue weighted by Crippen LogP contribution is -2.48. The number of hydrogen-bond acceptors (Lipinski definition) is 5. The van der Waals surface area contributed by atoms with Gasteiger partial charge in [0.2, 0.25) is 0 Å². The van der Waals surface area contributed by atoms with E-state index in [-0.39, 0.29) is 23.6 Å². The van der Waals surface area contributed by atoms with Crippen molar-refractivity contribution >= 4 is 9.84 Å². The van der Waals surface area contributed by atoms with Gasteiger partial charge in [-0.2, -0.15) is 0 Å². The SMILES string of the molecule is O=S1(=O)CC(O)C(NC2CCCOC2)C1. The van der Waals surface area contributed by atoms with Crippen molar-refractivity contribution in [2.24, 2.45) is 0 Å². The number of nitrogens with one attached hydrogen (secondary N) is 1. The van der Waals surface area contributed by atoms with Gasteiger partial charge in [0, 0.05) is 18.7 Å². The van der Waals surface area contributed by atoms with Crippen molar-refractivity contribution in [2.75, 3.05) is 24.7 Å². The van der Waals surface area contributed by atoms with Crippen LogP contribution >= 0.6 is 0 Å². The van der Waals surface area contributed by atoms with Crippen molar-refractivity contribution in [3.8, 4) is 0 Å². The van der Waals surface area contributed by atoms with Crippen LogP contribution in [0.3, 0.4) is 0 Å². The first-order valence-corrected chi connectivity index (χ1v) is 7.11. The Morgan fingerprint density at radius 3 is 2.67 bits per heavy atom. The molecule has 0 amide bonds. The van der Waals surface area contributed by atoms with Gasteiger partial charge < -0.3 is 15.2 Å². The second kappa shape index (κ2) is 4.37. The number of hydrogen-bond donors (Lipinski definition) is 2. The number of sulfone groups is 1. The van der Waals surface area contributed by atoms with Crippen LogP contribution in [0.15, 0.2) is 0 Å². The first-order valence-electron chi connectivity index (χ1n) is 5.29. The molecule has 0 radical (unpaired) electrons. The lowest BCUT2D eigenvalue weighted by Gasteiger charge is -2.27. The molecule has 3 atom stereocenters. The highest BCUT2D eigenvalue weighted by molar-refractivity contribution is 7.91. The summed E-state index contributed by atoms with van der Waals surface area (Å²) in [4.78, 5) is 0. The third-order valence-corrected chi connectivity index (χ3v) is 4.65. The molecule has 2 aliphatic heterocycles. The summed E-state index contributed by atoms with van der Waals surface area (Å²) < 4.78 is 27.8. The topological polar surface area (TPSA) is 75.6 Å². The Bertz CT molecular complexity index is 310. The highest BCUT2D eigenvalue weighted by Crippen LogP contribution is 2.15. The fourth-order valence-corrected chi connectivity index (χ4v) is 3.92. The van der Waals surface area contributed by atoms with E-state index >= 15 is 0 Å². The van der Waals surface area contributed by atoms with Gasteiger partial charge in [0.1, 0.15) is 0 Å². The number of aliphatic hydroxyl groups is 1. The summed E-state index contributed by atoms with van der Waals surface area (Å²) in [5, 5.41) is 12.7. The van der Waals surface area contributed by atoms with E-state index in [1.165, 1.54) is 0 Å². The van der Waals surface area contributed by atoms with Crippen LogP contribution in [-0.2, 0) is 14.6 Å². The van der Waals surface area contributed by atoms with Crippen molar-refractivity contribution in [2.45, 2.75) is 31.0 Å². The van der Waals surface area contributed by atoms with Gasteiger partial charge >= 0.3 is 0 Å². The van der Waals surface area contributed by atoms with Crippen LogP contribution in [0.5, 0.6) is 0 Å². The minimum absolute atomic E-state index is 0.0463. The Hall–Kier alpha value is -0.170. The van der Waals surface area contributed by atoms with Gasteiger partial charge in [-0.15, -0.1) is 0 Å². The van der Waals surface area contributed by atoms with Crippen molar-refractivity contribution in [3.05, 3.63) is 0 Å². The highest BCUT2D eigenvalue weighted by Gasteiger charge is 2.37. The largest absolute Gasteiger partial charge is 0.390 e. The summed E-state index contributed by atoms with van der Waals surface area (Å²) in [5.74, 6) is -0.0666. The normalized spacial score (nSPS) is 40.5. The molecule has 5 nitrogen and oxygen atoms in total. The number of rotatable bonds is 2. The van der Waals surface area contributed by atoms with Crippen molar-refractivity contribution in [1.29, 1.82) is 0 Å². The van der Waals surface area contributed by atoms with E-state index in [1.807, 2.05) is 0 Å². The molecule has 0 saturated carbocycles. The Balaban J connectivity index is 1.89. The van der Waals surface area contributed by atoms with Gasteiger partial charge in [0.15, 0.2) is 9.84 Å². The highest BCUT2D eigenvalue weighted by atomic mass is 32.2. The summed E-state index contributed by atoms with van der Waals surface area (Å²) in [6.07, 6.45) is 1.22. The van der Waals surface area contributed by atoms with E-state index in [0.29, 0.717) is 6.61 Å². The van der Waals surface area contributed by atoms with E-state index in [0.717, 1.165) is 19.4 Å². The summed E-state index contributed by atoms with van der Waals surface area (Å²) in [6.45, 7) is 1.40. The Labute approximate surface area is 89.7 Å². The van der Waals surface area contributed by atoms with Crippen molar-refractivity contribution < 1.29 is 18.3 Å². The molecule has 15 heavy (non-hydrogen) atoms. The van der Waals surface area contributed by atoms with Crippen LogP contribution in [0.25, 0.3) is 0 Å². The third kappa shape index (κ3) is 2.90. The minimum atomic E-state index is -3.05. The van der Waals surface area contributed by atoms with Gasteiger partial charge in [0.25, 0.3) is 0 Å². The molecule has 6 heteroatoms. The molecular weight excluding hydrogens is 218 g/mol. The van der Waals surface area contributed by atoms with Gasteiger partial charge in [-0.05, 0) is 12.8 Å². The number of ether oxygens (including phenoxy) is 1. The molecule has 0 bridgehead atoms. The fraction of sp³-hybridized carbons (Fsp3) is 1.00. The average Bonchev–Trinajstić information content (AvgIpc) is 2.41. The van der Waals surface area contributed by atoms with Crippen LogP contribution in [0.2, 0.25) is 0 Å². The second-order valence-corrected chi connectivity index (χ2v) is 6.49. The van der Waals surface area contributed by atoms with E-state index in [9.17, 15) is 13.5 Å². The average molecular weight is 235 g/mol. The third-order valence-electron chi connectivity index (χ3n) is 2.93. The summed E-state index contributed by atoms with van der Waals surface area (Å²) >= 11 is 0. The van der Waals surface area contributed by atoms with Crippen LogP contribution < -0.4 is 5.32 Å². The standard InChI is InChI=1S/C9H17NO4S/c11-9-6-15(12,13)5-8(9)10-7-2-1-3-14-4-7/h7-11H,1-6H2. The van der Waals surface area contributed by atoms with Gasteiger partial charge in [-0.3, -0.25) is 0 Å². The molecule has 2 saturated heterocycles. The van der Waals surface area contributed by atoms with Gasteiger partial charge in [-0.1, -0.05) is 0 Å². The molecule has 0 aromatic rings. The Morgan fingerprint density at radius 2 is 2.13 bits per heavy atom. The Morgan fingerprint density at radius 1 is 1.33 bits per heavy atom. The zero-order valence-corrected chi connectivity index (χ0v) is 9.37. The molecule has 2 N–H and O–H groups in total. The smallest absolute Gasteiger partial charge is 0.154 e. The molecular formula is C9H17NO4S. The van der Waals surface area contributed by atoms with E-state index < -0.39 is 15.9 Å². The molecule has 0 aromatic carbocycles. The van der Waals surface area contributed by atoms with E-state index in [2.05, 4.69) is 5.32 Å². The summed E-state index contributed by atoms with van der Waals surface area (Å²) in [5.41, 5.74) is 0. The molecule has 2 aliphatic rings. The summed E-state index contributed by atoms with van der Waals surface area (Å²) in [7, 11) is -3.05. The zero-order chi connectivity index (χ0) is 10.9.